The van der Waals surface area contributed by atoms with Crippen LogP contribution in [0.4, 0.5) is 14.5 Å². The summed E-state index contributed by atoms with van der Waals surface area (Å²) in [6.45, 7) is 5.96. The predicted molar refractivity (Wildman–Crippen MR) is 156 cm³/mol. The molecule has 0 aliphatic rings. The van der Waals surface area contributed by atoms with Crippen LogP contribution in [0.25, 0.3) is 34.2 Å². The van der Waals surface area contributed by atoms with Crippen LogP contribution in [-0.2, 0) is 7.05 Å². The number of hydrogen-bond donors (Lipinski definition) is 1. The van der Waals surface area contributed by atoms with E-state index in [1.165, 1.54) is 29.5 Å². The van der Waals surface area contributed by atoms with Crippen LogP contribution >= 0.6 is 11.3 Å². The first-order valence-electron chi connectivity index (χ1n) is 12.4. The molecule has 0 fully saturated rings. The second-order valence-corrected chi connectivity index (χ2v) is 9.98. The maximum Gasteiger partial charge on any atom is 0.258 e. The fourth-order valence-corrected chi connectivity index (χ4v) is 5.29. The van der Waals surface area contributed by atoms with Crippen molar-refractivity contribution in [2.24, 2.45) is 7.05 Å². The number of amides is 1. The number of aromatic nitrogens is 2. The standard InChI is InChI=1S/C32H25F2N3O2S/c1-4-9-27(30-20(2)18-28(40-30)31-35-16-17-37(31)3)39-26-15-14-22(19-25(26)33)36-32(38)24-13-8-12-23(29(24)34)21-10-6-5-7-11-21/h4-19H,2H2,1,3H3,(H,36,38)/b9-4-,30-27-. The number of nitrogens with one attached hydrogen (secondary N) is 1. The van der Waals surface area contributed by atoms with Crippen molar-refractivity contribution in [2.75, 3.05) is 5.32 Å². The SMILES string of the molecule is C=c1cc(-c2nccn2C)s/c1=C(/C=C\C)Oc1ccc(NC(=O)c2cccc(-c3ccccc3)c2F)cc1F. The third-order valence-corrected chi connectivity index (χ3v) is 7.32. The summed E-state index contributed by atoms with van der Waals surface area (Å²) in [6.07, 6.45) is 7.10. The van der Waals surface area contributed by atoms with Gasteiger partial charge in [0.2, 0.25) is 0 Å². The van der Waals surface area contributed by atoms with Crippen molar-refractivity contribution in [1.82, 2.24) is 9.55 Å². The molecule has 0 bridgehead atoms. The van der Waals surface area contributed by atoms with Gasteiger partial charge in [0, 0.05) is 36.8 Å². The Kier molecular flexibility index (Phi) is 7.70. The zero-order valence-corrected chi connectivity index (χ0v) is 22.6. The number of benzene rings is 3. The molecule has 0 atom stereocenters. The summed E-state index contributed by atoms with van der Waals surface area (Å²) < 4.78 is 39.0. The molecular formula is C32H25F2N3O2S. The number of rotatable bonds is 7. The van der Waals surface area contributed by atoms with E-state index in [-0.39, 0.29) is 17.0 Å². The monoisotopic (exact) mass is 553 g/mol. The molecule has 5 aromatic rings. The van der Waals surface area contributed by atoms with Crippen molar-refractivity contribution < 1.29 is 18.3 Å². The number of anilines is 1. The molecular weight excluding hydrogens is 528 g/mol. The van der Waals surface area contributed by atoms with Crippen molar-refractivity contribution >= 4 is 35.3 Å². The van der Waals surface area contributed by atoms with Crippen LogP contribution in [0.5, 0.6) is 5.75 Å². The summed E-state index contributed by atoms with van der Waals surface area (Å²) in [4.78, 5) is 18.2. The van der Waals surface area contributed by atoms with Gasteiger partial charge in [0.1, 0.15) is 17.4 Å². The number of nitrogens with zero attached hydrogens (tertiary/aromatic N) is 2. The number of aryl methyl sites for hydroxylation is 1. The maximum absolute atomic E-state index is 15.2. The first-order valence-corrected chi connectivity index (χ1v) is 13.2. The van der Waals surface area contributed by atoms with Crippen LogP contribution in [0, 0.1) is 11.6 Å². The van der Waals surface area contributed by atoms with E-state index in [0.717, 1.165) is 26.5 Å². The molecule has 0 aliphatic carbocycles. The Balaban J connectivity index is 1.40. The maximum atomic E-state index is 15.2. The Hall–Kier alpha value is -4.82. The molecule has 2 heterocycles. The minimum Gasteiger partial charge on any atom is -0.453 e. The molecule has 0 saturated carbocycles. The lowest BCUT2D eigenvalue weighted by Crippen LogP contribution is -2.21. The molecule has 0 radical (unpaired) electrons. The van der Waals surface area contributed by atoms with Gasteiger partial charge in [-0.2, -0.15) is 0 Å². The van der Waals surface area contributed by atoms with Crippen molar-refractivity contribution in [2.45, 2.75) is 6.92 Å². The zero-order valence-electron chi connectivity index (χ0n) is 21.8. The van der Waals surface area contributed by atoms with Crippen LogP contribution in [0.1, 0.15) is 17.3 Å². The van der Waals surface area contributed by atoms with E-state index in [4.69, 9.17) is 4.74 Å². The fraction of sp³-hybridized carbons (Fsp3) is 0.0625. The van der Waals surface area contributed by atoms with Gasteiger partial charge in [-0.3, -0.25) is 4.79 Å². The molecule has 1 N–H and O–H groups in total. The molecule has 200 valence electrons. The summed E-state index contributed by atoms with van der Waals surface area (Å²) >= 11 is 1.44. The first kappa shape index (κ1) is 26.8. The Morgan fingerprint density at radius 2 is 1.88 bits per heavy atom. The average molecular weight is 554 g/mol. The van der Waals surface area contributed by atoms with Crippen molar-refractivity contribution in [3.63, 3.8) is 0 Å². The Bertz CT molecular complexity index is 1840. The lowest BCUT2D eigenvalue weighted by atomic mass is 10.0. The van der Waals surface area contributed by atoms with Gasteiger partial charge in [-0.1, -0.05) is 55.1 Å². The van der Waals surface area contributed by atoms with Crippen molar-refractivity contribution in [1.29, 1.82) is 0 Å². The Morgan fingerprint density at radius 1 is 1.07 bits per heavy atom. The molecule has 0 unspecified atom stereocenters. The summed E-state index contributed by atoms with van der Waals surface area (Å²) in [5.41, 5.74) is 0.978. The summed E-state index contributed by atoms with van der Waals surface area (Å²) in [6, 6.07) is 19.5. The highest BCUT2D eigenvalue weighted by Gasteiger charge is 2.17. The molecule has 0 saturated heterocycles. The van der Waals surface area contributed by atoms with Gasteiger partial charge in [-0.05, 0) is 48.0 Å². The second kappa shape index (κ2) is 11.5. The van der Waals surface area contributed by atoms with E-state index in [1.807, 2.05) is 36.9 Å². The third kappa shape index (κ3) is 5.48. The van der Waals surface area contributed by atoms with Gasteiger partial charge < -0.3 is 14.6 Å². The molecule has 1 amide bonds. The third-order valence-electron chi connectivity index (χ3n) is 6.13. The number of imidazole rings is 1. The van der Waals surface area contributed by atoms with E-state index < -0.39 is 17.5 Å². The first-order chi connectivity index (χ1) is 19.4. The summed E-state index contributed by atoms with van der Waals surface area (Å²) in [5.74, 6) is -0.848. The second-order valence-electron chi connectivity index (χ2n) is 8.93. The largest absolute Gasteiger partial charge is 0.453 e. The van der Waals surface area contributed by atoms with E-state index in [0.29, 0.717) is 16.9 Å². The van der Waals surface area contributed by atoms with Crippen molar-refractivity contribution in [3.8, 4) is 27.6 Å². The Labute approximate surface area is 234 Å². The highest BCUT2D eigenvalue weighted by molar-refractivity contribution is 7.13. The molecule has 5 nitrogen and oxygen atoms in total. The molecule has 8 heteroatoms. The minimum absolute atomic E-state index is 0.0327. The van der Waals surface area contributed by atoms with Crippen LogP contribution in [-0.4, -0.2) is 15.5 Å². The van der Waals surface area contributed by atoms with Crippen LogP contribution in [0.15, 0.2) is 97.3 Å². The zero-order chi connectivity index (χ0) is 28.2. The highest BCUT2D eigenvalue weighted by atomic mass is 32.1. The van der Waals surface area contributed by atoms with E-state index in [9.17, 15) is 4.79 Å². The Morgan fingerprint density at radius 3 is 2.58 bits per heavy atom. The van der Waals surface area contributed by atoms with Crippen LogP contribution in [0.3, 0.4) is 0 Å². The van der Waals surface area contributed by atoms with Crippen LogP contribution in [0.2, 0.25) is 0 Å². The smallest absolute Gasteiger partial charge is 0.258 e. The van der Waals surface area contributed by atoms with Gasteiger partial charge >= 0.3 is 0 Å². The number of carbonyl (C=O) groups excluding carboxylic acids is 1. The molecule has 40 heavy (non-hydrogen) atoms. The fourth-order valence-electron chi connectivity index (χ4n) is 4.18. The molecule has 3 aromatic carbocycles. The lowest BCUT2D eigenvalue weighted by Gasteiger charge is -2.11. The normalized spacial score (nSPS) is 12.0. The number of thiophene rings is 1. The number of carbonyl (C=O) groups is 1. The van der Waals surface area contributed by atoms with Gasteiger partial charge in [0.25, 0.3) is 5.91 Å². The highest BCUT2D eigenvalue weighted by Crippen LogP contribution is 2.27. The average Bonchev–Trinajstić information content (AvgIpc) is 3.55. The molecule has 0 spiro atoms. The van der Waals surface area contributed by atoms with Crippen molar-refractivity contribution in [3.05, 3.63) is 124 Å². The van der Waals surface area contributed by atoms with E-state index >= 15 is 8.78 Å². The quantitative estimate of drug-likeness (QED) is 0.250. The molecule has 2 aromatic heterocycles. The van der Waals surface area contributed by atoms with Crippen LogP contribution < -0.4 is 19.8 Å². The topological polar surface area (TPSA) is 56.1 Å². The van der Waals surface area contributed by atoms with E-state index in [1.54, 1.807) is 54.7 Å². The molecule has 0 aliphatic heterocycles. The number of allylic oxidation sites excluding steroid dienone is 1. The van der Waals surface area contributed by atoms with Gasteiger partial charge in [-0.25, -0.2) is 13.8 Å². The lowest BCUT2D eigenvalue weighted by molar-refractivity contribution is 0.102. The number of halogens is 2. The van der Waals surface area contributed by atoms with E-state index in [2.05, 4.69) is 16.9 Å². The molecule has 5 rings (SSSR count). The number of ether oxygens (including phenoxy) is 1. The van der Waals surface area contributed by atoms with Gasteiger partial charge in [0.15, 0.2) is 11.6 Å². The predicted octanol–water partition coefficient (Wildman–Crippen LogP) is 6.52. The van der Waals surface area contributed by atoms with Gasteiger partial charge in [0.05, 0.1) is 15.0 Å². The summed E-state index contributed by atoms with van der Waals surface area (Å²) in [5, 5.41) is 3.30. The minimum atomic E-state index is -0.690. The summed E-state index contributed by atoms with van der Waals surface area (Å²) in [7, 11) is 1.90. The van der Waals surface area contributed by atoms with Gasteiger partial charge in [-0.15, -0.1) is 11.3 Å². The number of hydrogen-bond acceptors (Lipinski definition) is 4.